The molecule has 37 heavy (non-hydrogen) atoms. The lowest BCUT2D eigenvalue weighted by Crippen LogP contribution is -2.08. The Hall–Kier alpha value is -4.41. The minimum atomic E-state index is -4.44. The topological polar surface area (TPSA) is 96.3 Å². The van der Waals surface area contributed by atoms with Crippen LogP contribution in [0.25, 0.3) is 11.0 Å². The number of nitrogens with one attached hydrogen (secondary N) is 3. The molecule has 8 nitrogen and oxygen atoms in total. The first kappa shape index (κ1) is 24.3. The molecule has 190 valence electrons. The third-order valence-electron chi connectivity index (χ3n) is 5.91. The second-order valence-electron chi connectivity index (χ2n) is 8.68. The summed E-state index contributed by atoms with van der Waals surface area (Å²) in [6.07, 6.45) is -2.45. The van der Waals surface area contributed by atoms with Crippen LogP contribution in [0.2, 0.25) is 0 Å². The fraction of sp³-hybridized carbons (Fsp3) is 0.231. The van der Waals surface area contributed by atoms with Gasteiger partial charge in [-0.05, 0) is 43.2 Å². The maximum absolute atomic E-state index is 12.7. The average molecular weight is 507 g/mol. The minimum Gasteiger partial charge on any atom is -0.352 e. The summed E-state index contributed by atoms with van der Waals surface area (Å²) in [4.78, 5) is 12.4. The number of anilines is 3. The lowest BCUT2D eigenvalue weighted by Gasteiger charge is -2.10. The number of aromatic amines is 1. The van der Waals surface area contributed by atoms with E-state index >= 15 is 0 Å². The van der Waals surface area contributed by atoms with Crippen LogP contribution in [0.4, 0.5) is 30.6 Å². The number of aromatic nitrogens is 6. The third-order valence-corrected chi connectivity index (χ3v) is 5.91. The van der Waals surface area contributed by atoms with Gasteiger partial charge < -0.3 is 15.2 Å². The first-order valence-corrected chi connectivity index (χ1v) is 11.8. The molecule has 0 bridgehead atoms. The van der Waals surface area contributed by atoms with E-state index in [2.05, 4.69) is 48.4 Å². The Bertz CT molecular complexity index is 1500. The quantitative estimate of drug-likeness (QED) is 0.245. The second kappa shape index (κ2) is 9.92. The lowest BCUT2D eigenvalue weighted by atomic mass is 10.1. The van der Waals surface area contributed by atoms with Gasteiger partial charge in [-0.2, -0.15) is 18.3 Å². The van der Waals surface area contributed by atoms with Crippen molar-refractivity contribution in [3.8, 4) is 0 Å². The van der Waals surface area contributed by atoms with E-state index in [4.69, 9.17) is 4.98 Å². The van der Waals surface area contributed by atoms with Crippen molar-refractivity contribution in [1.82, 2.24) is 29.7 Å². The monoisotopic (exact) mass is 506 g/mol. The summed E-state index contributed by atoms with van der Waals surface area (Å²) in [5.74, 6) is 1.87. The maximum Gasteiger partial charge on any atom is 0.419 e. The SMILES string of the molecule is CCn1c(NCc2ccc(Cc3ncc(C(F)(F)F)cn3)cc2)nc2ccc(Nc3cc(C)[nH]n3)cc21. The van der Waals surface area contributed by atoms with Gasteiger partial charge in [-0.25, -0.2) is 15.0 Å². The average Bonchev–Trinajstić information content (AvgIpc) is 3.45. The van der Waals surface area contributed by atoms with E-state index in [0.29, 0.717) is 18.8 Å². The van der Waals surface area contributed by atoms with Gasteiger partial charge in [0.25, 0.3) is 0 Å². The highest BCUT2D eigenvalue weighted by atomic mass is 19.4. The van der Waals surface area contributed by atoms with Crippen molar-refractivity contribution < 1.29 is 13.2 Å². The van der Waals surface area contributed by atoms with Gasteiger partial charge >= 0.3 is 6.18 Å². The van der Waals surface area contributed by atoms with Gasteiger partial charge in [-0.1, -0.05) is 24.3 Å². The summed E-state index contributed by atoms with van der Waals surface area (Å²) >= 11 is 0. The molecular formula is C26H25F3N8. The van der Waals surface area contributed by atoms with Crippen molar-refractivity contribution in [3.05, 3.63) is 89.1 Å². The predicted octanol–water partition coefficient (Wildman–Crippen LogP) is 5.84. The smallest absolute Gasteiger partial charge is 0.352 e. The van der Waals surface area contributed by atoms with Gasteiger partial charge in [-0.3, -0.25) is 5.10 Å². The fourth-order valence-electron chi connectivity index (χ4n) is 4.02. The number of nitrogens with zero attached hydrogens (tertiary/aromatic N) is 5. The number of aryl methyl sites for hydroxylation is 2. The van der Waals surface area contributed by atoms with Crippen molar-refractivity contribution in [2.75, 3.05) is 10.6 Å². The number of hydrogen-bond donors (Lipinski definition) is 3. The van der Waals surface area contributed by atoms with E-state index in [0.717, 1.165) is 64.2 Å². The lowest BCUT2D eigenvalue weighted by molar-refractivity contribution is -0.138. The standard InChI is InChI=1S/C26H25F3N8/c1-3-37-22-12-20(33-24-10-16(2)35-36-24)8-9-21(22)34-25(37)32-13-18-6-4-17(5-7-18)11-23-30-14-19(15-31-23)26(27,28)29/h4-10,12,14-15H,3,11,13H2,1-2H3,(H,32,34)(H2,33,35,36). The molecule has 0 radical (unpaired) electrons. The first-order valence-electron chi connectivity index (χ1n) is 11.8. The predicted molar refractivity (Wildman–Crippen MR) is 136 cm³/mol. The van der Waals surface area contributed by atoms with E-state index in [-0.39, 0.29) is 0 Å². The van der Waals surface area contributed by atoms with Crippen molar-refractivity contribution in [3.63, 3.8) is 0 Å². The largest absolute Gasteiger partial charge is 0.419 e. The Balaban J connectivity index is 1.25. The Morgan fingerprint density at radius 3 is 2.35 bits per heavy atom. The van der Waals surface area contributed by atoms with E-state index in [9.17, 15) is 13.2 Å². The van der Waals surface area contributed by atoms with E-state index in [1.807, 2.05) is 49.4 Å². The number of fused-ring (bicyclic) bond motifs is 1. The number of benzene rings is 2. The Labute approximate surface area is 211 Å². The molecule has 0 saturated heterocycles. The van der Waals surface area contributed by atoms with Crippen LogP contribution in [0.1, 0.15) is 35.1 Å². The summed E-state index contributed by atoms with van der Waals surface area (Å²) in [6.45, 7) is 5.34. The summed E-state index contributed by atoms with van der Waals surface area (Å²) in [5.41, 5.74) is 4.91. The zero-order valence-corrected chi connectivity index (χ0v) is 20.3. The highest BCUT2D eigenvalue weighted by Crippen LogP contribution is 2.28. The zero-order chi connectivity index (χ0) is 26.0. The Morgan fingerprint density at radius 2 is 1.70 bits per heavy atom. The maximum atomic E-state index is 12.7. The molecule has 0 fully saturated rings. The molecule has 3 aromatic heterocycles. The van der Waals surface area contributed by atoms with Crippen LogP contribution < -0.4 is 10.6 Å². The molecule has 0 aliphatic rings. The number of halogens is 3. The molecule has 0 aliphatic heterocycles. The Morgan fingerprint density at radius 1 is 0.973 bits per heavy atom. The molecule has 3 N–H and O–H groups in total. The number of alkyl halides is 3. The zero-order valence-electron chi connectivity index (χ0n) is 20.3. The Kier molecular flexibility index (Phi) is 6.51. The second-order valence-corrected chi connectivity index (χ2v) is 8.68. The summed E-state index contributed by atoms with van der Waals surface area (Å²) in [5, 5.41) is 13.9. The first-order chi connectivity index (χ1) is 17.8. The van der Waals surface area contributed by atoms with Gasteiger partial charge in [-0.15, -0.1) is 0 Å². The van der Waals surface area contributed by atoms with E-state index in [1.165, 1.54) is 0 Å². The molecule has 2 aromatic carbocycles. The van der Waals surface area contributed by atoms with Gasteiger partial charge in [0.15, 0.2) is 5.82 Å². The number of H-pyrrole nitrogens is 1. The molecular weight excluding hydrogens is 481 g/mol. The highest BCUT2D eigenvalue weighted by molar-refractivity contribution is 5.83. The molecule has 0 saturated carbocycles. The van der Waals surface area contributed by atoms with Gasteiger partial charge in [0.2, 0.25) is 5.95 Å². The van der Waals surface area contributed by atoms with Crippen LogP contribution >= 0.6 is 0 Å². The molecule has 0 aliphatic carbocycles. The summed E-state index contributed by atoms with van der Waals surface area (Å²) in [6, 6.07) is 15.7. The number of imidazole rings is 1. The van der Waals surface area contributed by atoms with Gasteiger partial charge in [0.1, 0.15) is 5.82 Å². The summed E-state index contributed by atoms with van der Waals surface area (Å²) in [7, 11) is 0. The highest BCUT2D eigenvalue weighted by Gasteiger charge is 2.31. The van der Waals surface area contributed by atoms with E-state index < -0.39 is 11.7 Å². The van der Waals surface area contributed by atoms with Gasteiger partial charge in [0, 0.05) is 49.4 Å². The van der Waals surface area contributed by atoms with Crippen LogP contribution in [-0.4, -0.2) is 29.7 Å². The van der Waals surface area contributed by atoms with Crippen molar-refractivity contribution in [2.24, 2.45) is 0 Å². The molecule has 3 heterocycles. The molecule has 5 rings (SSSR count). The molecule has 0 amide bonds. The molecule has 5 aromatic rings. The van der Waals surface area contributed by atoms with Crippen LogP contribution in [0.15, 0.2) is 60.9 Å². The number of rotatable bonds is 8. The van der Waals surface area contributed by atoms with E-state index in [1.54, 1.807) is 0 Å². The molecule has 0 unspecified atom stereocenters. The van der Waals surface area contributed by atoms with Crippen molar-refractivity contribution >= 4 is 28.5 Å². The molecule has 0 atom stereocenters. The van der Waals surface area contributed by atoms with Crippen molar-refractivity contribution in [1.29, 1.82) is 0 Å². The third kappa shape index (κ3) is 5.55. The van der Waals surface area contributed by atoms with Crippen molar-refractivity contribution in [2.45, 2.75) is 39.5 Å². The van der Waals surface area contributed by atoms with Gasteiger partial charge in [0.05, 0.1) is 16.6 Å². The normalized spacial score (nSPS) is 11.7. The molecule has 0 spiro atoms. The minimum absolute atomic E-state index is 0.340. The van der Waals surface area contributed by atoms with Crippen LogP contribution in [-0.2, 0) is 25.7 Å². The summed E-state index contributed by atoms with van der Waals surface area (Å²) < 4.78 is 40.2. The van der Waals surface area contributed by atoms with Crippen LogP contribution in [0, 0.1) is 6.92 Å². The van der Waals surface area contributed by atoms with Crippen LogP contribution in [0.5, 0.6) is 0 Å². The number of hydrogen-bond acceptors (Lipinski definition) is 6. The van der Waals surface area contributed by atoms with Crippen LogP contribution in [0.3, 0.4) is 0 Å². The fourth-order valence-corrected chi connectivity index (χ4v) is 4.02. The molecule has 11 heteroatoms.